The van der Waals surface area contributed by atoms with E-state index < -0.39 is 0 Å². The van der Waals surface area contributed by atoms with Gasteiger partial charge in [-0.05, 0) is 6.42 Å². The molecule has 0 aromatic heterocycles. The van der Waals surface area contributed by atoms with Crippen LogP contribution >= 0.6 is 0 Å². The van der Waals surface area contributed by atoms with Gasteiger partial charge in [0.1, 0.15) is 0 Å². The van der Waals surface area contributed by atoms with Crippen LogP contribution in [0.5, 0.6) is 0 Å². The second-order valence-corrected chi connectivity index (χ2v) is 5.12. The Balaban J connectivity index is 1.92. The van der Waals surface area contributed by atoms with Gasteiger partial charge in [0.15, 0.2) is 0 Å². The summed E-state index contributed by atoms with van der Waals surface area (Å²) < 4.78 is 11.0. The lowest BCUT2D eigenvalue weighted by Crippen LogP contribution is -2.46. The molecule has 5 heteroatoms. The van der Waals surface area contributed by atoms with Gasteiger partial charge in [-0.25, -0.2) is 0 Å². The molecule has 98 valence electrons. The van der Waals surface area contributed by atoms with Gasteiger partial charge in [-0.2, -0.15) is 0 Å². The third-order valence-corrected chi connectivity index (χ3v) is 3.60. The minimum absolute atomic E-state index is 0.0440. The van der Waals surface area contributed by atoms with Gasteiger partial charge in [0.25, 0.3) is 0 Å². The fourth-order valence-electron chi connectivity index (χ4n) is 2.73. The van der Waals surface area contributed by atoms with E-state index in [0.29, 0.717) is 0 Å². The Labute approximate surface area is 103 Å². The minimum atomic E-state index is 0.0440. The molecule has 3 unspecified atom stereocenters. The molecule has 0 aromatic rings. The first-order valence-corrected chi connectivity index (χ1v) is 6.19. The lowest BCUT2D eigenvalue weighted by molar-refractivity contribution is -0.136. The summed E-state index contributed by atoms with van der Waals surface area (Å²) >= 11 is 0. The third-order valence-electron chi connectivity index (χ3n) is 3.60. The molecular formula is C12H22N2O3. The van der Waals surface area contributed by atoms with Crippen LogP contribution in [0.2, 0.25) is 0 Å². The number of amides is 1. The summed E-state index contributed by atoms with van der Waals surface area (Å²) in [6.07, 6.45) is 1.16. The van der Waals surface area contributed by atoms with Crippen LogP contribution < -0.4 is 0 Å². The molecule has 3 atom stereocenters. The largest absolute Gasteiger partial charge is 0.383 e. The van der Waals surface area contributed by atoms with Gasteiger partial charge in [0.2, 0.25) is 5.91 Å². The molecule has 0 aliphatic carbocycles. The monoisotopic (exact) mass is 242 g/mol. The van der Waals surface area contributed by atoms with Gasteiger partial charge >= 0.3 is 0 Å². The van der Waals surface area contributed by atoms with E-state index in [4.69, 9.17) is 9.47 Å². The number of fused-ring (bicyclic) bond motifs is 2. The highest BCUT2D eigenvalue weighted by Crippen LogP contribution is 2.32. The normalized spacial score (nSPS) is 32.8. The standard InChI is InChI=1S/C12H22N2O3/c1-13(2)12(15)10-6-9-7-14(4-5-16-3)8-11(10)17-9/h9-11H,4-8H2,1-3H3. The van der Waals surface area contributed by atoms with Crippen molar-refractivity contribution in [1.82, 2.24) is 9.80 Å². The molecule has 0 spiro atoms. The summed E-state index contributed by atoms with van der Waals surface area (Å²) in [4.78, 5) is 16.0. The minimum Gasteiger partial charge on any atom is -0.383 e. The Morgan fingerprint density at radius 1 is 1.47 bits per heavy atom. The predicted octanol–water partition coefficient (Wildman–Crippen LogP) is -0.190. The van der Waals surface area contributed by atoms with Crippen LogP contribution in [0.4, 0.5) is 0 Å². The topological polar surface area (TPSA) is 42.0 Å². The summed E-state index contributed by atoms with van der Waals surface area (Å²) in [6.45, 7) is 3.45. The number of methoxy groups -OCH3 is 1. The maximum Gasteiger partial charge on any atom is 0.227 e. The molecule has 2 bridgehead atoms. The summed E-state index contributed by atoms with van der Waals surface area (Å²) in [5, 5.41) is 0. The van der Waals surface area contributed by atoms with Crippen LogP contribution in [0, 0.1) is 5.92 Å². The van der Waals surface area contributed by atoms with Crippen molar-refractivity contribution in [1.29, 1.82) is 0 Å². The zero-order valence-electron chi connectivity index (χ0n) is 10.9. The number of carbonyl (C=O) groups is 1. The maximum atomic E-state index is 12.0. The molecule has 0 saturated carbocycles. The van der Waals surface area contributed by atoms with Crippen molar-refractivity contribution >= 4 is 5.91 Å². The molecule has 2 rings (SSSR count). The van der Waals surface area contributed by atoms with Gasteiger partial charge in [-0.1, -0.05) is 0 Å². The highest BCUT2D eigenvalue weighted by atomic mass is 16.5. The SMILES string of the molecule is COCCN1CC2CC(C(=O)N(C)C)C(C1)O2. The molecule has 5 nitrogen and oxygen atoms in total. The van der Waals surface area contributed by atoms with Crippen molar-refractivity contribution in [3.05, 3.63) is 0 Å². The molecule has 2 heterocycles. The molecular weight excluding hydrogens is 220 g/mol. The average Bonchev–Trinajstić information content (AvgIpc) is 2.60. The summed E-state index contributed by atoms with van der Waals surface area (Å²) in [5.74, 6) is 0.244. The Morgan fingerprint density at radius 2 is 2.24 bits per heavy atom. The van der Waals surface area contributed by atoms with E-state index in [-0.39, 0.29) is 24.0 Å². The number of ether oxygens (including phenoxy) is 2. The molecule has 2 aliphatic rings. The average molecular weight is 242 g/mol. The first-order chi connectivity index (χ1) is 8.11. The molecule has 0 aromatic carbocycles. The quantitative estimate of drug-likeness (QED) is 0.685. The molecule has 17 heavy (non-hydrogen) atoms. The van der Waals surface area contributed by atoms with Crippen molar-refractivity contribution < 1.29 is 14.3 Å². The van der Waals surface area contributed by atoms with Gasteiger partial charge in [0.05, 0.1) is 24.7 Å². The molecule has 2 aliphatic heterocycles. The number of hydrogen-bond donors (Lipinski definition) is 0. The van der Waals surface area contributed by atoms with E-state index in [0.717, 1.165) is 32.7 Å². The lowest BCUT2D eigenvalue weighted by Gasteiger charge is -2.32. The van der Waals surface area contributed by atoms with Gasteiger partial charge in [-0.3, -0.25) is 9.69 Å². The Hall–Kier alpha value is -0.650. The van der Waals surface area contributed by atoms with E-state index in [2.05, 4.69) is 4.90 Å². The lowest BCUT2D eigenvalue weighted by atomic mass is 9.99. The number of carbonyl (C=O) groups excluding carboxylic acids is 1. The number of nitrogens with zero attached hydrogens (tertiary/aromatic N) is 2. The summed E-state index contributed by atoms with van der Waals surface area (Å²) in [5.41, 5.74) is 0. The Morgan fingerprint density at radius 3 is 2.88 bits per heavy atom. The highest BCUT2D eigenvalue weighted by molar-refractivity contribution is 5.79. The summed E-state index contributed by atoms with van der Waals surface area (Å²) in [6, 6.07) is 0. The molecule has 2 fully saturated rings. The molecule has 0 radical (unpaired) electrons. The fraction of sp³-hybridized carbons (Fsp3) is 0.917. The molecule has 1 amide bonds. The van der Waals surface area contributed by atoms with Crippen LogP contribution in [0.25, 0.3) is 0 Å². The van der Waals surface area contributed by atoms with Crippen LogP contribution in [-0.4, -0.2) is 75.4 Å². The second kappa shape index (κ2) is 5.33. The number of hydrogen-bond acceptors (Lipinski definition) is 4. The van der Waals surface area contributed by atoms with Gasteiger partial charge < -0.3 is 14.4 Å². The number of likely N-dealkylation sites (tertiary alicyclic amines) is 1. The van der Waals surface area contributed by atoms with E-state index in [9.17, 15) is 4.79 Å². The van der Waals surface area contributed by atoms with Crippen molar-refractivity contribution in [2.45, 2.75) is 18.6 Å². The van der Waals surface area contributed by atoms with Crippen molar-refractivity contribution in [2.75, 3.05) is 47.4 Å². The molecule has 0 N–H and O–H groups in total. The second-order valence-electron chi connectivity index (χ2n) is 5.12. The zero-order chi connectivity index (χ0) is 12.4. The number of morpholine rings is 1. The zero-order valence-corrected chi connectivity index (χ0v) is 10.9. The van der Waals surface area contributed by atoms with Crippen LogP contribution in [0.3, 0.4) is 0 Å². The third kappa shape index (κ3) is 2.78. The maximum absolute atomic E-state index is 12.0. The van der Waals surface area contributed by atoms with Crippen molar-refractivity contribution in [3.8, 4) is 0 Å². The first kappa shape index (κ1) is 12.8. The summed E-state index contributed by atoms with van der Waals surface area (Å²) in [7, 11) is 5.34. The smallest absolute Gasteiger partial charge is 0.227 e. The van der Waals surface area contributed by atoms with Gasteiger partial charge in [-0.15, -0.1) is 0 Å². The van der Waals surface area contributed by atoms with Crippen LogP contribution in [0.15, 0.2) is 0 Å². The first-order valence-electron chi connectivity index (χ1n) is 6.19. The van der Waals surface area contributed by atoms with E-state index in [1.165, 1.54) is 0 Å². The Bertz CT molecular complexity index is 283. The fourth-order valence-corrected chi connectivity index (χ4v) is 2.73. The number of rotatable bonds is 4. The van der Waals surface area contributed by atoms with E-state index >= 15 is 0 Å². The van der Waals surface area contributed by atoms with Gasteiger partial charge in [0, 0.05) is 40.8 Å². The van der Waals surface area contributed by atoms with Crippen molar-refractivity contribution in [3.63, 3.8) is 0 Å². The van der Waals surface area contributed by atoms with Crippen molar-refractivity contribution in [2.24, 2.45) is 5.92 Å². The van der Waals surface area contributed by atoms with Crippen LogP contribution in [-0.2, 0) is 14.3 Å². The molecule has 2 saturated heterocycles. The highest BCUT2D eigenvalue weighted by Gasteiger charge is 2.44. The van der Waals surface area contributed by atoms with Crippen LogP contribution in [0.1, 0.15) is 6.42 Å². The van der Waals surface area contributed by atoms with E-state index in [1.807, 2.05) is 14.1 Å². The Kier molecular flexibility index (Phi) is 4.01. The van der Waals surface area contributed by atoms with E-state index in [1.54, 1.807) is 12.0 Å². The predicted molar refractivity (Wildman–Crippen MR) is 63.8 cm³/mol.